The van der Waals surface area contributed by atoms with Crippen LogP contribution >= 0.6 is 0 Å². The molecule has 0 saturated heterocycles. The average Bonchev–Trinajstić information content (AvgIpc) is 1.84. The second kappa shape index (κ2) is 3.18. The summed E-state index contributed by atoms with van der Waals surface area (Å²) in [4.78, 5) is 3.87. The minimum Gasteiger partial charge on any atom is -0.274 e. The largest absolute Gasteiger partial charge is 0.274 e. The van der Waals surface area contributed by atoms with E-state index in [2.05, 4.69) is 16.8 Å². The Hall–Kier alpha value is -0.860. The molecule has 3 heteroatoms. The summed E-state index contributed by atoms with van der Waals surface area (Å²) in [6, 6.07) is 0. The Labute approximate surface area is 49.7 Å². The summed E-state index contributed by atoms with van der Waals surface area (Å²) in [6.45, 7) is 5.19. The Morgan fingerprint density at radius 2 is 2.12 bits per heavy atom. The predicted molar refractivity (Wildman–Crippen MR) is 36.3 cm³/mol. The van der Waals surface area contributed by atoms with Gasteiger partial charge in [0.2, 0.25) is 0 Å². The normalized spacial score (nSPS) is 11.1. The lowest BCUT2D eigenvalue weighted by atomic mass is 10.6. The fourth-order valence-electron chi connectivity index (χ4n) is 0.247. The molecular formula is C5H11N3. The molecule has 0 aromatic carbocycles. The van der Waals surface area contributed by atoms with Crippen molar-refractivity contribution in [2.45, 2.75) is 6.92 Å². The van der Waals surface area contributed by atoms with Gasteiger partial charge in [0.1, 0.15) is 5.84 Å². The SMILES string of the molecule is C=NN(C)C(C)=NC. The smallest absolute Gasteiger partial charge is 0.116 e. The number of rotatable bonds is 1. The molecule has 0 N–H and O–H groups in total. The van der Waals surface area contributed by atoms with E-state index < -0.39 is 0 Å². The molecule has 0 aliphatic heterocycles. The zero-order chi connectivity index (χ0) is 6.57. The standard InChI is InChI=1S/C5H11N3/c1-5(6-2)8(4)7-3/h3H2,1-2,4H3. The van der Waals surface area contributed by atoms with Crippen LogP contribution in [0.1, 0.15) is 6.92 Å². The molecule has 0 bridgehead atoms. The first-order valence-corrected chi connectivity index (χ1v) is 2.36. The van der Waals surface area contributed by atoms with E-state index in [-0.39, 0.29) is 0 Å². The van der Waals surface area contributed by atoms with Crippen molar-refractivity contribution in [3.63, 3.8) is 0 Å². The van der Waals surface area contributed by atoms with E-state index in [0.717, 1.165) is 5.84 Å². The summed E-state index contributed by atoms with van der Waals surface area (Å²) >= 11 is 0. The highest BCUT2D eigenvalue weighted by Crippen LogP contribution is 1.83. The van der Waals surface area contributed by atoms with Crippen molar-refractivity contribution in [2.24, 2.45) is 10.1 Å². The lowest BCUT2D eigenvalue weighted by molar-refractivity contribution is 0.545. The second-order valence-corrected chi connectivity index (χ2v) is 1.44. The van der Waals surface area contributed by atoms with Crippen LogP contribution in [0.3, 0.4) is 0 Å². The lowest BCUT2D eigenvalue weighted by Crippen LogP contribution is -2.16. The van der Waals surface area contributed by atoms with Crippen molar-refractivity contribution in [2.75, 3.05) is 14.1 Å². The van der Waals surface area contributed by atoms with Crippen LogP contribution in [-0.4, -0.2) is 31.7 Å². The fourth-order valence-corrected chi connectivity index (χ4v) is 0.247. The first kappa shape index (κ1) is 7.14. The minimum atomic E-state index is 0.861. The second-order valence-electron chi connectivity index (χ2n) is 1.44. The Kier molecular flexibility index (Phi) is 2.84. The van der Waals surface area contributed by atoms with Gasteiger partial charge in [-0.05, 0) is 6.92 Å². The van der Waals surface area contributed by atoms with Crippen molar-refractivity contribution < 1.29 is 0 Å². The van der Waals surface area contributed by atoms with Gasteiger partial charge in [0.25, 0.3) is 0 Å². The molecular weight excluding hydrogens is 102 g/mol. The third kappa shape index (κ3) is 1.73. The van der Waals surface area contributed by atoms with E-state index in [4.69, 9.17) is 0 Å². The van der Waals surface area contributed by atoms with Crippen LogP contribution in [0.4, 0.5) is 0 Å². The van der Waals surface area contributed by atoms with E-state index in [1.54, 1.807) is 19.1 Å². The van der Waals surface area contributed by atoms with Crippen LogP contribution in [0.25, 0.3) is 0 Å². The van der Waals surface area contributed by atoms with Gasteiger partial charge in [0, 0.05) is 20.8 Å². The van der Waals surface area contributed by atoms with Crippen molar-refractivity contribution in [1.82, 2.24) is 5.01 Å². The fraction of sp³-hybridized carbons (Fsp3) is 0.600. The maximum Gasteiger partial charge on any atom is 0.116 e. The van der Waals surface area contributed by atoms with Crippen LogP contribution in [0, 0.1) is 0 Å². The average molecular weight is 113 g/mol. The van der Waals surface area contributed by atoms with Crippen LogP contribution in [0.2, 0.25) is 0 Å². The molecule has 8 heavy (non-hydrogen) atoms. The maximum atomic E-state index is 3.87. The summed E-state index contributed by atoms with van der Waals surface area (Å²) in [7, 11) is 3.52. The van der Waals surface area contributed by atoms with Gasteiger partial charge in [-0.3, -0.25) is 10.0 Å². The molecule has 0 aliphatic rings. The highest BCUT2D eigenvalue weighted by Gasteiger charge is 1.90. The van der Waals surface area contributed by atoms with Gasteiger partial charge in [0.15, 0.2) is 0 Å². The summed E-state index contributed by atoms with van der Waals surface area (Å²) in [5.41, 5.74) is 0. The number of hydrogen-bond donors (Lipinski definition) is 0. The van der Waals surface area contributed by atoms with Gasteiger partial charge < -0.3 is 0 Å². The summed E-state index contributed by atoms with van der Waals surface area (Å²) in [6.07, 6.45) is 0. The molecule has 46 valence electrons. The third-order valence-electron chi connectivity index (χ3n) is 1.00. The van der Waals surface area contributed by atoms with Gasteiger partial charge in [-0.15, -0.1) is 0 Å². The predicted octanol–water partition coefficient (Wildman–Crippen LogP) is 0.582. The van der Waals surface area contributed by atoms with E-state index in [1.807, 2.05) is 6.92 Å². The van der Waals surface area contributed by atoms with Crippen LogP contribution in [0.15, 0.2) is 10.1 Å². The first-order valence-electron chi connectivity index (χ1n) is 2.36. The maximum absolute atomic E-state index is 3.87. The molecule has 0 radical (unpaired) electrons. The van der Waals surface area contributed by atoms with Gasteiger partial charge in [-0.2, -0.15) is 5.10 Å². The van der Waals surface area contributed by atoms with E-state index in [1.165, 1.54) is 0 Å². The molecule has 0 unspecified atom stereocenters. The molecule has 0 spiro atoms. The molecule has 0 amide bonds. The van der Waals surface area contributed by atoms with Crippen molar-refractivity contribution in [3.05, 3.63) is 0 Å². The molecule has 0 aliphatic carbocycles. The number of hydrazone groups is 1. The number of amidine groups is 1. The molecule has 0 fully saturated rings. The molecule has 0 aromatic heterocycles. The summed E-state index contributed by atoms with van der Waals surface area (Å²) < 4.78 is 0. The quantitative estimate of drug-likeness (QED) is 0.278. The summed E-state index contributed by atoms with van der Waals surface area (Å²) in [5, 5.41) is 5.22. The third-order valence-corrected chi connectivity index (χ3v) is 1.00. The highest BCUT2D eigenvalue weighted by molar-refractivity contribution is 5.79. The van der Waals surface area contributed by atoms with Gasteiger partial charge in [-0.25, -0.2) is 0 Å². The molecule has 0 atom stereocenters. The molecule has 3 nitrogen and oxygen atoms in total. The topological polar surface area (TPSA) is 28.0 Å². The number of hydrogen-bond acceptors (Lipinski definition) is 2. The van der Waals surface area contributed by atoms with E-state index in [9.17, 15) is 0 Å². The monoisotopic (exact) mass is 113 g/mol. The Bertz CT molecular complexity index is 106. The Morgan fingerprint density at radius 3 is 2.25 bits per heavy atom. The van der Waals surface area contributed by atoms with Gasteiger partial charge in [0.05, 0.1) is 0 Å². The van der Waals surface area contributed by atoms with Crippen LogP contribution < -0.4 is 0 Å². The molecule has 0 aromatic rings. The minimum absolute atomic E-state index is 0.861. The van der Waals surface area contributed by atoms with Crippen molar-refractivity contribution >= 4 is 12.6 Å². The van der Waals surface area contributed by atoms with Gasteiger partial charge >= 0.3 is 0 Å². The van der Waals surface area contributed by atoms with Crippen LogP contribution in [-0.2, 0) is 0 Å². The zero-order valence-corrected chi connectivity index (χ0v) is 5.55. The van der Waals surface area contributed by atoms with E-state index in [0.29, 0.717) is 0 Å². The lowest BCUT2D eigenvalue weighted by Gasteiger charge is -2.08. The zero-order valence-electron chi connectivity index (χ0n) is 5.55. The van der Waals surface area contributed by atoms with Crippen molar-refractivity contribution in [3.8, 4) is 0 Å². The van der Waals surface area contributed by atoms with Gasteiger partial charge in [-0.1, -0.05) is 0 Å². The van der Waals surface area contributed by atoms with E-state index >= 15 is 0 Å². The summed E-state index contributed by atoms with van der Waals surface area (Å²) in [5.74, 6) is 0.861. The Morgan fingerprint density at radius 1 is 1.62 bits per heavy atom. The highest BCUT2D eigenvalue weighted by atomic mass is 15.4. The molecule has 0 saturated carbocycles. The van der Waals surface area contributed by atoms with Crippen LogP contribution in [0.5, 0.6) is 0 Å². The number of aliphatic imine (C=N–C) groups is 1. The van der Waals surface area contributed by atoms with Crippen molar-refractivity contribution in [1.29, 1.82) is 0 Å². The molecule has 0 heterocycles. The molecule has 0 rings (SSSR count). The number of nitrogens with zero attached hydrogens (tertiary/aromatic N) is 3. The Balaban J connectivity index is 3.81. The first-order chi connectivity index (χ1) is 3.72.